The van der Waals surface area contributed by atoms with Gasteiger partial charge >= 0.3 is 0 Å². The number of piperidine rings is 1. The van der Waals surface area contributed by atoms with E-state index >= 15 is 0 Å². The minimum atomic E-state index is 0.697. The van der Waals surface area contributed by atoms with E-state index in [1.807, 2.05) is 0 Å². The van der Waals surface area contributed by atoms with E-state index in [1.165, 1.54) is 19.5 Å². The van der Waals surface area contributed by atoms with E-state index in [2.05, 4.69) is 44.7 Å². The van der Waals surface area contributed by atoms with Gasteiger partial charge in [-0.3, -0.25) is 4.90 Å². The average Bonchev–Trinajstić information content (AvgIpc) is 2.59. The Labute approximate surface area is 93.9 Å². The van der Waals surface area contributed by atoms with Gasteiger partial charge < -0.3 is 0 Å². The lowest BCUT2D eigenvalue weighted by molar-refractivity contribution is 0.187. The Hall–Kier alpha value is -0.560. The molecule has 1 aliphatic heterocycles. The van der Waals surface area contributed by atoms with E-state index in [9.17, 15) is 0 Å². The zero-order valence-electron chi connectivity index (χ0n) is 10.5. The standard InChI is InChI=1S/C14H23N/c1-10(2)13-6-5-12-9-15(11(3)4)8-7-14(12)13/h5-6,10-12H,7-9H2,1-4H3. The largest absolute Gasteiger partial charge is 0.300 e. The van der Waals surface area contributed by atoms with Crippen LogP contribution in [0.4, 0.5) is 0 Å². The second kappa shape index (κ2) is 4.13. The highest BCUT2D eigenvalue weighted by Gasteiger charge is 2.29. The molecular weight excluding hydrogens is 182 g/mol. The summed E-state index contributed by atoms with van der Waals surface area (Å²) in [7, 11) is 0. The van der Waals surface area contributed by atoms with Crippen LogP contribution >= 0.6 is 0 Å². The molecule has 1 heteroatoms. The van der Waals surface area contributed by atoms with Gasteiger partial charge in [-0.25, -0.2) is 0 Å². The van der Waals surface area contributed by atoms with E-state index in [-0.39, 0.29) is 0 Å². The van der Waals surface area contributed by atoms with Crippen molar-refractivity contribution in [1.29, 1.82) is 0 Å². The van der Waals surface area contributed by atoms with Crippen molar-refractivity contribution in [3.8, 4) is 0 Å². The molecule has 2 aliphatic rings. The number of likely N-dealkylation sites (tertiary alicyclic amines) is 1. The van der Waals surface area contributed by atoms with Crippen LogP contribution in [0.3, 0.4) is 0 Å². The van der Waals surface area contributed by atoms with E-state index in [1.54, 1.807) is 11.1 Å². The van der Waals surface area contributed by atoms with Crippen LogP contribution in [0.15, 0.2) is 23.3 Å². The minimum absolute atomic E-state index is 0.697. The molecule has 0 bridgehead atoms. The molecule has 1 fully saturated rings. The van der Waals surface area contributed by atoms with Crippen LogP contribution in [0.1, 0.15) is 34.1 Å². The quantitative estimate of drug-likeness (QED) is 0.669. The molecule has 0 aromatic carbocycles. The zero-order chi connectivity index (χ0) is 11.0. The Morgan fingerprint density at radius 1 is 1.27 bits per heavy atom. The van der Waals surface area contributed by atoms with Crippen LogP contribution in [-0.4, -0.2) is 24.0 Å². The first-order valence-electron chi connectivity index (χ1n) is 6.24. The monoisotopic (exact) mass is 205 g/mol. The normalized spacial score (nSPS) is 26.9. The number of hydrogen-bond donors (Lipinski definition) is 0. The van der Waals surface area contributed by atoms with Crippen molar-refractivity contribution in [2.45, 2.75) is 40.2 Å². The highest BCUT2D eigenvalue weighted by molar-refractivity contribution is 5.39. The van der Waals surface area contributed by atoms with Crippen molar-refractivity contribution in [2.75, 3.05) is 13.1 Å². The van der Waals surface area contributed by atoms with Gasteiger partial charge in [-0.1, -0.05) is 31.6 Å². The smallest absolute Gasteiger partial charge is 0.0114 e. The molecule has 0 amide bonds. The molecule has 0 saturated carbocycles. The maximum absolute atomic E-state index is 2.60. The molecule has 1 heterocycles. The molecule has 0 aromatic rings. The molecule has 1 aliphatic carbocycles. The Kier molecular flexibility index (Phi) is 3.01. The van der Waals surface area contributed by atoms with E-state index in [0.29, 0.717) is 12.0 Å². The Morgan fingerprint density at radius 2 is 2.00 bits per heavy atom. The van der Waals surface area contributed by atoms with Crippen molar-refractivity contribution in [1.82, 2.24) is 4.90 Å². The van der Waals surface area contributed by atoms with Crippen molar-refractivity contribution in [2.24, 2.45) is 11.8 Å². The second-order valence-electron chi connectivity index (χ2n) is 5.44. The minimum Gasteiger partial charge on any atom is -0.300 e. The maximum Gasteiger partial charge on any atom is 0.0114 e. The Morgan fingerprint density at radius 3 is 2.60 bits per heavy atom. The molecule has 1 unspecified atom stereocenters. The predicted octanol–water partition coefficient (Wildman–Crippen LogP) is 3.24. The Bertz CT molecular complexity index is 296. The van der Waals surface area contributed by atoms with Crippen LogP contribution in [0.5, 0.6) is 0 Å². The fourth-order valence-corrected chi connectivity index (χ4v) is 2.80. The highest BCUT2D eigenvalue weighted by Crippen LogP contribution is 2.36. The summed E-state index contributed by atoms with van der Waals surface area (Å²) in [6.45, 7) is 11.7. The summed E-state index contributed by atoms with van der Waals surface area (Å²) in [5.41, 5.74) is 3.34. The van der Waals surface area contributed by atoms with Crippen LogP contribution in [0.25, 0.3) is 0 Å². The lowest BCUT2D eigenvalue weighted by atomic mass is 9.89. The van der Waals surface area contributed by atoms with Gasteiger partial charge in [-0.2, -0.15) is 0 Å². The van der Waals surface area contributed by atoms with Crippen molar-refractivity contribution < 1.29 is 0 Å². The second-order valence-corrected chi connectivity index (χ2v) is 5.44. The number of hydrogen-bond acceptors (Lipinski definition) is 1. The lowest BCUT2D eigenvalue weighted by Gasteiger charge is -2.35. The number of fused-ring (bicyclic) bond motifs is 1. The molecule has 15 heavy (non-hydrogen) atoms. The molecule has 2 rings (SSSR count). The highest BCUT2D eigenvalue weighted by atomic mass is 15.2. The van der Waals surface area contributed by atoms with Gasteiger partial charge in [0.05, 0.1) is 0 Å². The number of allylic oxidation sites excluding steroid dienone is 2. The first-order chi connectivity index (χ1) is 7.09. The van der Waals surface area contributed by atoms with Crippen LogP contribution in [-0.2, 0) is 0 Å². The van der Waals surface area contributed by atoms with Crippen molar-refractivity contribution in [3.63, 3.8) is 0 Å². The average molecular weight is 205 g/mol. The molecule has 1 atom stereocenters. The predicted molar refractivity (Wildman–Crippen MR) is 65.8 cm³/mol. The van der Waals surface area contributed by atoms with Gasteiger partial charge in [0.25, 0.3) is 0 Å². The summed E-state index contributed by atoms with van der Waals surface area (Å²) in [5.74, 6) is 1.42. The summed E-state index contributed by atoms with van der Waals surface area (Å²) in [6, 6.07) is 0.697. The van der Waals surface area contributed by atoms with Crippen LogP contribution < -0.4 is 0 Å². The van der Waals surface area contributed by atoms with E-state index in [0.717, 1.165) is 5.92 Å². The zero-order valence-corrected chi connectivity index (χ0v) is 10.5. The third-order valence-electron chi connectivity index (χ3n) is 3.78. The van der Waals surface area contributed by atoms with Gasteiger partial charge in [0.1, 0.15) is 0 Å². The number of nitrogens with zero attached hydrogens (tertiary/aromatic N) is 1. The van der Waals surface area contributed by atoms with Gasteiger partial charge in [-0.15, -0.1) is 0 Å². The SMILES string of the molecule is CC(C)C1=C2CCN(C(C)C)CC2C=C1. The van der Waals surface area contributed by atoms with Crippen LogP contribution in [0, 0.1) is 11.8 Å². The van der Waals surface area contributed by atoms with E-state index in [4.69, 9.17) is 0 Å². The van der Waals surface area contributed by atoms with Gasteiger partial charge in [0.2, 0.25) is 0 Å². The molecule has 0 aromatic heterocycles. The molecule has 0 radical (unpaired) electrons. The fourth-order valence-electron chi connectivity index (χ4n) is 2.80. The van der Waals surface area contributed by atoms with Crippen LogP contribution in [0.2, 0.25) is 0 Å². The summed E-state index contributed by atoms with van der Waals surface area (Å²) < 4.78 is 0. The lowest BCUT2D eigenvalue weighted by Crippen LogP contribution is -2.40. The van der Waals surface area contributed by atoms with Gasteiger partial charge in [0, 0.05) is 25.0 Å². The fraction of sp³-hybridized carbons (Fsp3) is 0.714. The molecular formula is C14H23N. The summed E-state index contributed by atoms with van der Waals surface area (Å²) in [5, 5.41) is 0. The first kappa shape index (κ1) is 10.9. The number of rotatable bonds is 2. The van der Waals surface area contributed by atoms with E-state index < -0.39 is 0 Å². The summed E-state index contributed by atoms with van der Waals surface area (Å²) >= 11 is 0. The van der Waals surface area contributed by atoms with Crippen molar-refractivity contribution >= 4 is 0 Å². The molecule has 1 saturated heterocycles. The summed E-state index contributed by atoms with van der Waals surface area (Å²) in [4.78, 5) is 2.60. The molecule has 0 N–H and O–H groups in total. The first-order valence-corrected chi connectivity index (χ1v) is 6.24. The van der Waals surface area contributed by atoms with Gasteiger partial charge in [-0.05, 0) is 31.8 Å². The summed E-state index contributed by atoms with van der Waals surface area (Å²) in [6.07, 6.45) is 6.07. The Balaban J connectivity index is 2.12. The molecule has 84 valence electrons. The van der Waals surface area contributed by atoms with Gasteiger partial charge in [0.15, 0.2) is 0 Å². The van der Waals surface area contributed by atoms with Crippen molar-refractivity contribution in [3.05, 3.63) is 23.3 Å². The molecule has 0 spiro atoms. The topological polar surface area (TPSA) is 3.24 Å². The third-order valence-corrected chi connectivity index (χ3v) is 3.78. The molecule has 1 nitrogen and oxygen atoms in total. The third kappa shape index (κ3) is 2.03. The maximum atomic E-state index is 2.60.